The zero-order chi connectivity index (χ0) is 22.8. The van der Waals surface area contributed by atoms with Crippen LogP contribution in [0.15, 0.2) is 34.2 Å². The summed E-state index contributed by atoms with van der Waals surface area (Å²) in [5.74, 6) is -2.18. The predicted octanol–water partition coefficient (Wildman–Crippen LogP) is 0.903. The molecular formula is C22H33ClN4O4. The van der Waals surface area contributed by atoms with Crippen molar-refractivity contribution in [2.75, 3.05) is 80.7 Å². The standard InChI is InChI=1S/C22H33ClN4O4/c1-16(28)17(6-7-26-12-8-24(2)9-13-26)18-20(29)19(23)21(22(18,30-4)31-5)27-14-10-25(3)11-15-27/h6-7H,8-15H2,1-5H3/b7-6+,18-17-. The van der Waals surface area contributed by atoms with Crippen LogP contribution in [0.2, 0.25) is 0 Å². The van der Waals surface area contributed by atoms with Crippen molar-refractivity contribution in [3.05, 3.63) is 34.2 Å². The summed E-state index contributed by atoms with van der Waals surface area (Å²) in [6, 6.07) is 0. The third-order valence-electron chi connectivity index (χ3n) is 6.31. The van der Waals surface area contributed by atoms with Gasteiger partial charge in [0.1, 0.15) is 10.7 Å². The van der Waals surface area contributed by atoms with Gasteiger partial charge < -0.3 is 29.1 Å². The Balaban J connectivity index is 2.03. The molecule has 172 valence electrons. The minimum absolute atomic E-state index is 0.0509. The molecular weight excluding hydrogens is 420 g/mol. The maximum atomic E-state index is 13.3. The zero-order valence-corrected chi connectivity index (χ0v) is 19.9. The number of hydrogen-bond acceptors (Lipinski definition) is 8. The van der Waals surface area contributed by atoms with Gasteiger partial charge in [-0.15, -0.1) is 0 Å². The van der Waals surface area contributed by atoms with E-state index in [0.717, 1.165) is 39.3 Å². The van der Waals surface area contributed by atoms with Crippen LogP contribution in [0.3, 0.4) is 0 Å². The number of piperazine rings is 2. The Bertz CT molecular complexity index is 802. The van der Waals surface area contributed by atoms with E-state index in [9.17, 15) is 9.59 Å². The molecule has 0 N–H and O–H groups in total. The molecule has 2 heterocycles. The summed E-state index contributed by atoms with van der Waals surface area (Å²) in [7, 11) is 7.09. The quantitative estimate of drug-likeness (QED) is 0.435. The largest absolute Gasteiger partial charge is 0.375 e. The van der Waals surface area contributed by atoms with Gasteiger partial charge in [0, 0.05) is 72.2 Å². The molecule has 0 aromatic heterocycles. The summed E-state index contributed by atoms with van der Waals surface area (Å²) < 4.78 is 11.7. The molecule has 0 radical (unpaired) electrons. The number of nitrogens with zero attached hydrogens (tertiary/aromatic N) is 4. The first-order valence-electron chi connectivity index (χ1n) is 10.6. The molecule has 8 nitrogen and oxygen atoms in total. The van der Waals surface area contributed by atoms with Crippen LogP contribution >= 0.6 is 11.6 Å². The fourth-order valence-corrected chi connectivity index (χ4v) is 4.65. The van der Waals surface area contributed by atoms with Crippen LogP contribution in [-0.2, 0) is 19.1 Å². The number of allylic oxidation sites excluding steroid dienone is 3. The molecule has 0 amide bonds. The van der Waals surface area contributed by atoms with Crippen molar-refractivity contribution < 1.29 is 19.1 Å². The maximum Gasteiger partial charge on any atom is 0.243 e. The molecule has 0 aromatic carbocycles. The SMILES string of the molecule is COC1(OC)C(N2CCN(C)CC2)=C(Cl)C(=O)/C1=C(\C=C\N1CCN(C)CC1)C(C)=O. The molecule has 31 heavy (non-hydrogen) atoms. The van der Waals surface area contributed by atoms with E-state index in [1.54, 1.807) is 6.08 Å². The van der Waals surface area contributed by atoms with Gasteiger partial charge in [0.15, 0.2) is 5.78 Å². The van der Waals surface area contributed by atoms with Crippen molar-refractivity contribution in [1.82, 2.24) is 19.6 Å². The average Bonchev–Trinajstić information content (AvgIpc) is 2.97. The average molecular weight is 453 g/mol. The summed E-state index contributed by atoms with van der Waals surface area (Å²) in [6.45, 7) is 8.06. The second-order valence-electron chi connectivity index (χ2n) is 8.31. The summed E-state index contributed by atoms with van der Waals surface area (Å²) in [5.41, 5.74) is 0.892. The summed E-state index contributed by atoms with van der Waals surface area (Å²) in [4.78, 5) is 34.6. The smallest absolute Gasteiger partial charge is 0.243 e. The molecule has 9 heteroatoms. The minimum atomic E-state index is -1.52. The highest BCUT2D eigenvalue weighted by molar-refractivity contribution is 6.47. The van der Waals surface area contributed by atoms with Gasteiger partial charge in [-0.2, -0.15) is 0 Å². The number of carbonyl (C=O) groups excluding carboxylic acids is 2. The number of halogens is 1. The second-order valence-corrected chi connectivity index (χ2v) is 8.68. The second kappa shape index (κ2) is 9.83. The molecule has 0 aromatic rings. The lowest BCUT2D eigenvalue weighted by Crippen LogP contribution is -2.50. The van der Waals surface area contributed by atoms with E-state index in [0.29, 0.717) is 18.8 Å². The first-order valence-corrected chi connectivity index (χ1v) is 11.0. The fourth-order valence-electron chi connectivity index (χ4n) is 4.31. The molecule has 1 aliphatic carbocycles. The predicted molar refractivity (Wildman–Crippen MR) is 120 cm³/mol. The lowest BCUT2D eigenvalue weighted by atomic mass is 9.96. The Kier molecular flexibility index (Phi) is 7.59. The number of methoxy groups -OCH3 is 2. The summed E-state index contributed by atoms with van der Waals surface area (Å²) in [6.07, 6.45) is 3.58. The van der Waals surface area contributed by atoms with E-state index in [1.807, 2.05) is 11.1 Å². The van der Waals surface area contributed by atoms with E-state index in [-0.39, 0.29) is 22.0 Å². The van der Waals surface area contributed by atoms with Gasteiger partial charge in [-0.25, -0.2) is 0 Å². The normalized spacial score (nSPS) is 25.2. The fraction of sp³-hybridized carbons (Fsp3) is 0.636. The number of carbonyl (C=O) groups is 2. The van der Waals surface area contributed by atoms with Crippen LogP contribution in [0.4, 0.5) is 0 Å². The Morgan fingerprint density at radius 3 is 1.97 bits per heavy atom. The van der Waals surface area contributed by atoms with E-state index in [1.165, 1.54) is 21.1 Å². The lowest BCUT2D eigenvalue weighted by Gasteiger charge is -2.41. The number of ketones is 2. The van der Waals surface area contributed by atoms with Gasteiger partial charge in [-0.1, -0.05) is 11.6 Å². The van der Waals surface area contributed by atoms with Gasteiger partial charge in [-0.05, 0) is 33.3 Å². The first-order chi connectivity index (χ1) is 14.7. The van der Waals surface area contributed by atoms with Crippen molar-refractivity contribution in [3.63, 3.8) is 0 Å². The molecule has 0 bridgehead atoms. The molecule has 0 spiro atoms. The molecule has 2 aliphatic heterocycles. The molecule has 3 aliphatic rings. The minimum Gasteiger partial charge on any atom is -0.375 e. The molecule has 0 unspecified atom stereocenters. The van der Waals surface area contributed by atoms with E-state index >= 15 is 0 Å². The first kappa shape index (κ1) is 23.9. The van der Waals surface area contributed by atoms with E-state index < -0.39 is 11.6 Å². The third-order valence-corrected chi connectivity index (χ3v) is 6.66. The number of rotatable bonds is 6. The van der Waals surface area contributed by atoms with Crippen molar-refractivity contribution in [2.45, 2.75) is 12.7 Å². The highest BCUT2D eigenvalue weighted by Gasteiger charge is 2.55. The topological polar surface area (TPSA) is 65.6 Å². The zero-order valence-electron chi connectivity index (χ0n) is 19.1. The van der Waals surface area contributed by atoms with Crippen LogP contribution in [-0.4, -0.2) is 118 Å². The number of hydrogen-bond donors (Lipinski definition) is 0. The number of Topliss-reactive ketones (excluding diaryl/α,β-unsaturated/α-hetero) is 2. The number of ether oxygens (including phenoxy) is 2. The molecule has 0 atom stereocenters. The van der Waals surface area contributed by atoms with Gasteiger partial charge in [-0.3, -0.25) is 9.59 Å². The van der Waals surface area contributed by atoms with Crippen LogP contribution < -0.4 is 0 Å². The molecule has 2 fully saturated rings. The summed E-state index contributed by atoms with van der Waals surface area (Å²) >= 11 is 6.58. The Morgan fingerprint density at radius 2 is 1.48 bits per heavy atom. The van der Waals surface area contributed by atoms with E-state index in [4.69, 9.17) is 21.1 Å². The van der Waals surface area contributed by atoms with E-state index in [2.05, 4.69) is 28.8 Å². The monoisotopic (exact) mass is 452 g/mol. The van der Waals surface area contributed by atoms with Crippen molar-refractivity contribution in [2.24, 2.45) is 0 Å². The van der Waals surface area contributed by atoms with Crippen molar-refractivity contribution >= 4 is 23.2 Å². The van der Waals surface area contributed by atoms with Crippen LogP contribution in [0.5, 0.6) is 0 Å². The van der Waals surface area contributed by atoms with Crippen LogP contribution in [0, 0.1) is 0 Å². The Morgan fingerprint density at radius 1 is 0.968 bits per heavy atom. The highest BCUT2D eigenvalue weighted by atomic mass is 35.5. The molecule has 0 saturated carbocycles. The lowest BCUT2D eigenvalue weighted by molar-refractivity contribution is -0.163. The number of likely N-dealkylation sites (N-methyl/N-ethyl adjacent to an activating group) is 2. The van der Waals surface area contributed by atoms with Gasteiger partial charge in [0.25, 0.3) is 0 Å². The van der Waals surface area contributed by atoms with Crippen molar-refractivity contribution in [3.8, 4) is 0 Å². The van der Waals surface area contributed by atoms with Crippen molar-refractivity contribution in [1.29, 1.82) is 0 Å². The van der Waals surface area contributed by atoms with Gasteiger partial charge >= 0.3 is 0 Å². The van der Waals surface area contributed by atoms with Crippen LogP contribution in [0.1, 0.15) is 6.92 Å². The molecule has 2 saturated heterocycles. The Hall–Kier alpha value is -1.71. The van der Waals surface area contributed by atoms with Crippen LogP contribution in [0.25, 0.3) is 0 Å². The summed E-state index contributed by atoms with van der Waals surface area (Å²) in [5, 5.41) is 0.0509. The van der Waals surface area contributed by atoms with Gasteiger partial charge in [0.05, 0.1) is 5.57 Å². The maximum absolute atomic E-state index is 13.3. The third kappa shape index (κ3) is 4.59. The van der Waals surface area contributed by atoms with Gasteiger partial charge in [0.2, 0.25) is 11.6 Å². The highest BCUT2D eigenvalue weighted by Crippen LogP contribution is 2.46. The Labute approximate surface area is 189 Å². The molecule has 3 rings (SSSR count).